The minimum Gasteiger partial charge on any atom is -0.397 e. The van der Waals surface area contributed by atoms with Gasteiger partial charge in [0.15, 0.2) is 12.5 Å². The summed E-state index contributed by atoms with van der Waals surface area (Å²) in [6.07, 6.45) is -8.06. The first-order valence-electron chi connectivity index (χ1n) is 12.8. The molecule has 2 amide bonds. The van der Waals surface area contributed by atoms with E-state index in [1.54, 1.807) is 6.92 Å². The summed E-state index contributed by atoms with van der Waals surface area (Å²) in [5, 5.41) is 65.1. The number of aliphatic hydroxyl groups is 6. The molecule has 16 nitrogen and oxygen atoms in total. The zero-order valence-electron chi connectivity index (χ0n) is 21.3. The van der Waals surface area contributed by atoms with E-state index in [1.165, 1.54) is 17.1 Å². The van der Waals surface area contributed by atoms with Crippen molar-refractivity contribution in [3.8, 4) is 0 Å². The van der Waals surface area contributed by atoms with Crippen LogP contribution in [-0.4, -0.2) is 139 Å². The third-order valence-corrected chi connectivity index (χ3v) is 7.25. The lowest BCUT2D eigenvalue weighted by Crippen LogP contribution is -2.80. The van der Waals surface area contributed by atoms with Crippen LogP contribution in [0.15, 0.2) is 0 Å². The molecular weight excluding hydrogens is 512 g/mol. The fourth-order valence-electron chi connectivity index (χ4n) is 5.12. The van der Waals surface area contributed by atoms with Crippen LogP contribution in [0.4, 0.5) is 0 Å². The summed E-state index contributed by atoms with van der Waals surface area (Å²) >= 11 is 0. The number of nitrogens with zero attached hydrogens (tertiary/aromatic N) is 2. The molecule has 10 atom stereocenters. The summed E-state index contributed by atoms with van der Waals surface area (Å²) in [5.41, 5.74) is -3.47. The van der Waals surface area contributed by atoms with Crippen LogP contribution < -0.4 is 10.6 Å². The van der Waals surface area contributed by atoms with E-state index in [1.807, 2.05) is 0 Å². The minimum absolute atomic E-state index is 0.0851. The standard InChI is InChI=1S/C20H32N4O11.C2H6O/c1-9-11(25)13(27)14(28)15(32-9)24-7-3-5-20(35-24)18(31)21-19(17(30)22-20)4-2-6-23(34-19)8-10-12(26)16(29)33-10;1-2-3/h9-16,25-29H,2-8H2,1H3,(H,21,31)(H,22,30);3H,2H2,1H3. The lowest BCUT2D eigenvalue weighted by Gasteiger charge is -2.52. The van der Waals surface area contributed by atoms with Crippen molar-refractivity contribution in [2.24, 2.45) is 0 Å². The van der Waals surface area contributed by atoms with E-state index in [2.05, 4.69) is 10.6 Å². The molecule has 0 aromatic carbocycles. The maximum Gasteiger partial charge on any atom is 0.277 e. The molecule has 5 heterocycles. The molecule has 38 heavy (non-hydrogen) atoms. The zero-order valence-corrected chi connectivity index (χ0v) is 21.3. The lowest BCUT2D eigenvalue weighted by atomic mass is 9.94. The molecule has 5 aliphatic rings. The van der Waals surface area contributed by atoms with Crippen LogP contribution in [0.3, 0.4) is 0 Å². The van der Waals surface area contributed by atoms with Crippen LogP contribution in [0.2, 0.25) is 0 Å². The fourth-order valence-corrected chi connectivity index (χ4v) is 5.12. The third-order valence-electron chi connectivity index (χ3n) is 7.25. The Labute approximate surface area is 218 Å². The molecule has 10 unspecified atom stereocenters. The molecule has 0 aliphatic carbocycles. The molecule has 0 bridgehead atoms. The monoisotopic (exact) mass is 550 g/mol. The summed E-state index contributed by atoms with van der Waals surface area (Å²) in [5.74, 6) is -1.29. The Kier molecular flexibility index (Phi) is 8.93. The third kappa shape index (κ3) is 5.41. The first-order valence-corrected chi connectivity index (χ1v) is 12.8. The smallest absolute Gasteiger partial charge is 0.277 e. The zero-order chi connectivity index (χ0) is 27.8. The van der Waals surface area contributed by atoms with Gasteiger partial charge in [-0.05, 0) is 26.7 Å². The van der Waals surface area contributed by atoms with Crippen molar-refractivity contribution in [3.63, 3.8) is 0 Å². The van der Waals surface area contributed by atoms with Gasteiger partial charge in [-0.2, -0.15) is 10.1 Å². The lowest BCUT2D eigenvalue weighted by molar-refractivity contribution is -0.374. The van der Waals surface area contributed by atoms with Crippen molar-refractivity contribution in [2.45, 2.75) is 100 Å². The number of aliphatic hydroxyl groups excluding tert-OH is 6. The molecule has 0 aromatic heterocycles. The minimum atomic E-state index is -1.78. The molecule has 5 aliphatic heterocycles. The Bertz CT molecular complexity index is 870. The molecule has 218 valence electrons. The van der Waals surface area contributed by atoms with Crippen molar-refractivity contribution in [2.75, 3.05) is 26.2 Å². The van der Waals surface area contributed by atoms with E-state index < -0.39 is 72.4 Å². The number of amides is 2. The van der Waals surface area contributed by atoms with Crippen molar-refractivity contribution in [1.29, 1.82) is 0 Å². The molecule has 5 fully saturated rings. The number of carbonyl (C=O) groups excluding carboxylic acids is 2. The van der Waals surface area contributed by atoms with Gasteiger partial charge < -0.3 is 50.7 Å². The van der Waals surface area contributed by atoms with Crippen LogP contribution in [0.1, 0.15) is 39.5 Å². The largest absolute Gasteiger partial charge is 0.397 e. The highest BCUT2D eigenvalue weighted by Crippen LogP contribution is 2.35. The summed E-state index contributed by atoms with van der Waals surface area (Å²) in [4.78, 5) is 38.3. The Hall–Kier alpha value is -1.54. The van der Waals surface area contributed by atoms with Gasteiger partial charge >= 0.3 is 0 Å². The van der Waals surface area contributed by atoms with Gasteiger partial charge in [-0.1, -0.05) is 0 Å². The number of nitrogens with one attached hydrogen (secondary N) is 2. The summed E-state index contributed by atoms with van der Waals surface area (Å²) < 4.78 is 10.7. The van der Waals surface area contributed by atoms with Gasteiger partial charge in [-0.25, -0.2) is 0 Å². The van der Waals surface area contributed by atoms with E-state index >= 15 is 0 Å². The maximum atomic E-state index is 13.3. The molecule has 5 saturated heterocycles. The number of carbonyl (C=O) groups is 2. The van der Waals surface area contributed by atoms with Gasteiger partial charge in [0.25, 0.3) is 11.8 Å². The summed E-state index contributed by atoms with van der Waals surface area (Å²) in [6.45, 7) is 4.22. The number of hydrogen-bond donors (Lipinski definition) is 8. The van der Waals surface area contributed by atoms with Gasteiger partial charge in [-0.15, -0.1) is 0 Å². The summed E-state index contributed by atoms with van der Waals surface area (Å²) in [7, 11) is 0. The maximum absolute atomic E-state index is 13.3. The second-order valence-corrected chi connectivity index (χ2v) is 10.1. The van der Waals surface area contributed by atoms with E-state index in [0.717, 1.165) is 0 Å². The first-order chi connectivity index (χ1) is 18.0. The first kappa shape index (κ1) is 29.4. The Morgan fingerprint density at radius 3 is 2.03 bits per heavy atom. The topological polar surface area (TPSA) is 223 Å². The second-order valence-electron chi connectivity index (χ2n) is 10.1. The highest BCUT2D eigenvalue weighted by molar-refractivity contribution is 6.00. The number of hydroxylamine groups is 4. The molecule has 5 rings (SSSR count). The van der Waals surface area contributed by atoms with Crippen LogP contribution in [-0.2, 0) is 28.7 Å². The highest BCUT2D eigenvalue weighted by Gasteiger charge is 2.60. The average Bonchev–Trinajstić information content (AvgIpc) is 2.89. The normalized spacial score (nSPS) is 46.1. The van der Waals surface area contributed by atoms with Crippen LogP contribution in [0.5, 0.6) is 0 Å². The molecule has 0 saturated carbocycles. The van der Waals surface area contributed by atoms with Crippen molar-refractivity contribution in [3.05, 3.63) is 0 Å². The highest BCUT2D eigenvalue weighted by atomic mass is 16.8. The predicted molar refractivity (Wildman–Crippen MR) is 123 cm³/mol. The Morgan fingerprint density at radius 2 is 1.45 bits per heavy atom. The Balaban J connectivity index is 0.00000107. The predicted octanol–water partition coefficient (Wildman–Crippen LogP) is -4.42. The number of rotatable bonds is 3. The number of hydrogen-bond acceptors (Lipinski definition) is 14. The van der Waals surface area contributed by atoms with Gasteiger partial charge in [0, 0.05) is 32.5 Å². The quantitative estimate of drug-likeness (QED) is 0.166. The van der Waals surface area contributed by atoms with E-state index in [0.29, 0.717) is 19.4 Å². The molecule has 8 N–H and O–H groups in total. The summed E-state index contributed by atoms with van der Waals surface area (Å²) in [6, 6.07) is 0. The van der Waals surface area contributed by atoms with E-state index in [9.17, 15) is 35.1 Å². The van der Waals surface area contributed by atoms with Crippen LogP contribution in [0.25, 0.3) is 0 Å². The SMILES string of the molecule is CC1OC(N2CCCC3(NC(=O)C4(CCCN(CC5OC(O)C5O)O4)NC3=O)O2)C(O)C(O)C1O.CCO. The van der Waals surface area contributed by atoms with Gasteiger partial charge in [0.05, 0.1) is 12.6 Å². The molecule has 0 aromatic rings. The molecular formula is C22H38N4O12. The average molecular weight is 551 g/mol. The number of ether oxygens (including phenoxy) is 2. The van der Waals surface area contributed by atoms with Gasteiger partial charge in [0.1, 0.15) is 30.5 Å². The van der Waals surface area contributed by atoms with Crippen LogP contribution in [0, 0.1) is 0 Å². The van der Waals surface area contributed by atoms with Crippen molar-refractivity contribution < 1.29 is 59.4 Å². The molecule has 0 radical (unpaired) electrons. The number of piperazine rings is 1. The van der Waals surface area contributed by atoms with Crippen LogP contribution >= 0.6 is 0 Å². The van der Waals surface area contributed by atoms with Gasteiger partial charge in [-0.3, -0.25) is 19.3 Å². The second kappa shape index (κ2) is 11.5. The van der Waals surface area contributed by atoms with Crippen molar-refractivity contribution in [1.82, 2.24) is 20.8 Å². The van der Waals surface area contributed by atoms with Crippen molar-refractivity contribution >= 4 is 11.8 Å². The van der Waals surface area contributed by atoms with E-state index in [-0.39, 0.29) is 32.5 Å². The fraction of sp³-hybridized carbons (Fsp3) is 0.909. The van der Waals surface area contributed by atoms with Gasteiger partial charge in [0.2, 0.25) is 11.4 Å². The molecule has 2 spiro atoms. The molecule has 16 heteroatoms. The Morgan fingerprint density at radius 1 is 0.868 bits per heavy atom. The van der Waals surface area contributed by atoms with E-state index in [4.69, 9.17) is 24.3 Å².